The lowest BCUT2D eigenvalue weighted by atomic mass is 10.2. The van der Waals surface area contributed by atoms with Crippen LogP contribution in [0.25, 0.3) is 0 Å². The van der Waals surface area contributed by atoms with Crippen molar-refractivity contribution in [2.24, 2.45) is 0 Å². The van der Waals surface area contributed by atoms with E-state index < -0.39 is 17.5 Å². The SMILES string of the molecule is C#Cc1cccc(NC(=O)OC(C)(C)C)c1F. The summed E-state index contributed by atoms with van der Waals surface area (Å²) in [4.78, 5) is 11.4. The number of anilines is 1. The summed E-state index contributed by atoms with van der Waals surface area (Å²) in [5.74, 6) is 1.55. The number of carbonyl (C=O) groups excluding carboxylic acids is 1. The molecular weight excluding hydrogens is 221 g/mol. The molecule has 17 heavy (non-hydrogen) atoms. The first-order valence-electron chi connectivity index (χ1n) is 5.08. The number of hydrogen-bond acceptors (Lipinski definition) is 2. The average molecular weight is 235 g/mol. The van der Waals surface area contributed by atoms with Gasteiger partial charge in [0.25, 0.3) is 0 Å². The predicted octanol–water partition coefficient (Wildman–Crippen LogP) is 3.15. The predicted molar refractivity (Wildman–Crippen MR) is 64.2 cm³/mol. The first kappa shape index (κ1) is 13.0. The van der Waals surface area contributed by atoms with Crippen molar-refractivity contribution in [2.75, 3.05) is 5.32 Å². The van der Waals surface area contributed by atoms with Crippen molar-refractivity contribution in [1.82, 2.24) is 0 Å². The molecule has 0 fully saturated rings. The van der Waals surface area contributed by atoms with Crippen molar-refractivity contribution in [1.29, 1.82) is 0 Å². The fraction of sp³-hybridized carbons (Fsp3) is 0.308. The Kier molecular flexibility index (Phi) is 3.74. The van der Waals surface area contributed by atoms with Crippen LogP contribution in [0.4, 0.5) is 14.9 Å². The van der Waals surface area contributed by atoms with Gasteiger partial charge in [0.15, 0.2) is 5.82 Å². The first-order valence-corrected chi connectivity index (χ1v) is 5.08. The van der Waals surface area contributed by atoms with Gasteiger partial charge >= 0.3 is 6.09 Å². The molecule has 0 unspecified atom stereocenters. The van der Waals surface area contributed by atoms with Gasteiger partial charge in [-0.3, -0.25) is 5.32 Å². The summed E-state index contributed by atoms with van der Waals surface area (Å²) < 4.78 is 18.7. The van der Waals surface area contributed by atoms with Crippen LogP contribution < -0.4 is 5.32 Å². The smallest absolute Gasteiger partial charge is 0.412 e. The first-order chi connectivity index (χ1) is 7.83. The van der Waals surface area contributed by atoms with Crippen molar-refractivity contribution >= 4 is 11.8 Å². The van der Waals surface area contributed by atoms with Gasteiger partial charge in [0.1, 0.15) is 5.60 Å². The van der Waals surface area contributed by atoms with Gasteiger partial charge in [-0.2, -0.15) is 0 Å². The molecule has 0 radical (unpaired) electrons. The monoisotopic (exact) mass is 235 g/mol. The maximum Gasteiger partial charge on any atom is 0.412 e. The van der Waals surface area contributed by atoms with Gasteiger partial charge in [-0.1, -0.05) is 12.0 Å². The lowest BCUT2D eigenvalue weighted by Crippen LogP contribution is -2.27. The number of rotatable bonds is 1. The molecule has 3 nitrogen and oxygen atoms in total. The van der Waals surface area contributed by atoms with Crippen LogP contribution in [0, 0.1) is 18.2 Å². The van der Waals surface area contributed by atoms with Gasteiger partial charge in [-0.25, -0.2) is 9.18 Å². The Bertz CT molecular complexity index is 469. The molecule has 1 N–H and O–H groups in total. The number of halogens is 1. The van der Waals surface area contributed by atoms with E-state index in [-0.39, 0.29) is 11.3 Å². The minimum Gasteiger partial charge on any atom is -0.444 e. The number of carbonyl (C=O) groups is 1. The van der Waals surface area contributed by atoms with E-state index in [9.17, 15) is 9.18 Å². The summed E-state index contributed by atoms with van der Waals surface area (Å²) in [6.07, 6.45) is 4.40. The molecule has 0 atom stereocenters. The maximum absolute atomic E-state index is 13.7. The molecule has 90 valence electrons. The van der Waals surface area contributed by atoms with Crippen LogP contribution in [0.1, 0.15) is 26.3 Å². The van der Waals surface area contributed by atoms with Crippen molar-refractivity contribution in [3.8, 4) is 12.3 Å². The molecular formula is C13H14FNO2. The fourth-order valence-electron chi connectivity index (χ4n) is 1.15. The third-order valence-corrected chi connectivity index (χ3v) is 1.79. The van der Waals surface area contributed by atoms with E-state index in [1.54, 1.807) is 26.8 Å². The van der Waals surface area contributed by atoms with Crippen LogP contribution in [-0.2, 0) is 4.74 Å². The summed E-state index contributed by atoms with van der Waals surface area (Å²) in [7, 11) is 0. The van der Waals surface area contributed by atoms with Gasteiger partial charge in [-0.05, 0) is 32.9 Å². The van der Waals surface area contributed by atoms with Crippen LogP contribution >= 0.6 is 0 Å². The Morgan fingerprint density at radius 1 is 1.47 bits per heavy atom. The van der Waals surface area contributed by atoms with Crippen molar-refractivity contribution < 1.29 is 13.9 Å². The molecule has 0 heterocycles. The fourth-order valence-corrected chi connectivity index (χ4v) is 1.15. The third-order valence-electron chi connectivity index (χ3n) is 1.79. The molecule has 1 aromatic rings. The largest absolute Gasteiger partial charge is 0.444 e. The highest BCUT2D eigenvalue weighted by molar-refractivity contribution is 5.85. The Labute approximate surface area is 100.0 Å². The molecule has 0 saturated heterocycles. The van der Waals surface area contributed by atoms with E-state index in [1.807, 2.05) is 0 Å². The highest BCUT2D eigenvalue weighted by Crippen LogP contribution is 2.18. The Morgan fingerprint density at radius 3 is 2.65 bits per heavy atom. The van der Waals surface area contributed by atoms with E-state index in [4.69, 9.17) is 11.2 Å². The average Bonchev–Trinajstić information content (AvgIpc) is 2.18. The molecule has 0 saturated carbocycles. The number of ether oxygens (including phenoxy) is 1. The number of nitrogens with one attached hydrogen (secondary N) is 1. The Hall–Kier alpha value is -2.02. The molecule has 4 heteroatoms. The molecule has 1 aromatic carbocycles. The van der Waals surface area contributed by atoms with Crippen molar-refractivity contribution in [2.45, 2.75) is 26.4 Å². The number of hydrogen-bond donors (Lipinski definition) is 1. The van der Waals surface area contributed by atoms with Gasteiger partial charge in [0.05, 0.1) is 11.3 Å². The zero-order valence-electron chi connectivity index (χ0n) is 10.0. The highest BCUT2D eigenvalue weighted by atomic mass is 19.1. The molecule has 0 aliphatic heterocycles. The zero-order valence-corrected chi connectivity index (χ0v) is 10.0. The lowest BCUT2D eigenvalue weighted by Gasteiger charge is -2.19. The normalized spacial score (nSPS) is 10.5. The molecule has 0 aliphatic rings. The van der Waals surface area contributed by atoms with E-state index in [0.29, 0.717) is 0 Å². The molecule has 1 amide bonds. The molecule has 1 rings (SSSR count). The van der Waals surface area contributed by atoms with Gasteiger partial charge in [-0.15, -0.1) is 6.42 Å². The topological polar surface area (TPSA) is 38.3 Å². The second kappa shape index (κ2) is 4.88. The molecule has 0 aliphatic carbocycles. The number of benzene rings is 1. The van der Waals surface area contributed by atoms with Crippen LogP contribution in [0.2, 0.25) is 0 Å². The summed E-state index contributed by atoms with van der Waals surface area (Å²) in [5, 5.41) is 2.31. The Morgan fingerprint density at radius 2 is 2.12 bits per heavy atom. The van der Waals surface area contributed by atoms with E-state index >= 15 is 0 Å². The quantitative estimate of drug-likeness (QED) is 0.759. The standard InChI is InChI=1S/C13H14FNO2/c1-5-9-7-6-8-10(11(9)14)15-12(16)17-13(2,3)4/h1,6-8H,2-4H3,(H,15,16). The van der Waals surface area contributed by atoms with E-state index in [1.165, 1.54) is 12.1 Å². The zero-order chi connectivity index (χ0) is 13.1. The van der Waals surface area contributed by atoms with Gasteiger partial charge in [0.2, 0.25) is 0 Å². The number of amides is 1. The van der Waals surface area contributed by atoms with E-state index in [0.717, 1.165) is 0 Å². The highest BCUT2D eigenvalue weighted by Gasteiger charge is 2.17. The van der Waals surface area contributed by atoms with Crippen LogP contribution in [0.15, 0.2) is 18.2 Å². The number of terminal acetylenes is 1. The summed E-state index contributed by atoms with van der Waals surface area (Å²) in [5.41, 5.74) is -0.530. The van der Waals surface area contributed by atoms with Gasteiger partial charge < -0.3 is 4.74 Å². The third kappa shape index (κ3) is 3.80. The van der Waals surface area contributed by atoms with Crippen molar-refractivity contribution in [3.63, 3.8) is 0 Å². The summed E-state index contributed by atoms with van der Waals surface area (Å²) in [6.45, 7) is 5.17. The minimum absolute atomic E-state index is 0.00898. The minimum atomic E-state index is -0.717. The molecule has 0 aromatic heterocycles. The van der Waals surface area contributed by atoms with Crippen LogP contribution in [0.3, 0.4) is 0 Å². The summed E-state index contributed by atoms with van der Waals surface area (Å²) in [6, 6.07) is 4.43. The second-order valence-electron chi connectivity index (χ2n) is 4.44. The van der Waals surface area contributed by atoms with Crippen LogP contribution in [0.5, 0.6) is 0 Å². The summed E-state index contributed by atoms with van der Waals surface area (Å²) >= 11 is 0. The van der Waals surface area contributed by atoms with E-state index in [2.05, 4.69) is 11.2 Å². The Balaban J connectivity index is 2.83. The molecule has 0 bridgehead atoms. The van der Waals surface area contributed by atoms with Crippen molar-refractivity contribution in [3.05, 3.63) is 29.6 Å². The van der Waals surface area contributed by atoms with Crippen LogP contribution in [-0.4, -0.2) is 11.7 Å². The molecule has 0 spiro atoms. The lowest BCUT2D eigenvalue weighted by molar-refractivity contribution is 0.0635. The maximum atomic E-state index is 13.7. The van der Waals surface area contributed by atoms with Gasteiger partial charge in [0, 0.05) is 0 Å². The second-order valence-corrected chi connectivity index (χ2v) is 4.44.